The SMILES string of the molecule is C=CN=C(C=C)CNCC.[HH]. The minimum atomic E-state index is 0. The first-order chi connectivity index (χ1) is 4.85. The molecule has 2 heteroatoms. The Bertz CT molecular complexity index is 141. The van der Waals surface area contributed by atoms with Gasteiger partial charge in [-0.3, -0.25) is 4.99 Å². The molecule has 0 amide bonds. The molecule has 2 nitrogen and oxygen atoms in total. The van der Waals surface area contributed by atoms with Crippen molar-refractivity contribution in [1.82, 2.24) is 5.32 Å². The monoisotopic (exact) mass is 140 g/mol. The summed E-state index contributed by atoms with van der Waals surface area (Å²) in [6.07, 6.45) is 3.25. The third-order valence-corrected chi connectivity index (χ3v) is 1.05. The lowest BCUT2D eigenvalue weighted by Gasteiger charge is -1.98. The van der Waals surface area contributed by atoms with Gasteiger partial charge in [-0.15, -0.1) is 0 Å². The van der Waals surface area contributed by atoms with Crippen LogP contribution < -0.4 is 5.32 Å². The summed E-state index contributed by atoms with van der Waals surface area (Å²) in [5.74, 6) is 0. The molecule has 0 aliphatic rings. The van der Waals surface area contributed by atoms with Gasteiger partial charge < -0.3 is 5.32 Å². The van der Waals surface area contributed by atoms with Crippen LogP contribution in [0.5, 0.6) is 0 Å². The van der Waals surface area contributed by atoms with Crippen LogP contribution in [0.1, 0.15) is 8.35 Å². The normalized spacial score (nSPS) is 11.1. The third kappa shape index (κ3) is 4.04. The molecule has 0 fully saturated rings. The minimum absolute atomic E-state index is 0. The van der Waals surface area contributed by atoms with Crippen LogP contribution in [0.25, 0.3) is 0 Å². The predicted molar refractivity (Wildman–Crippen MR) is 48.5 cm³/mol. The molecular weight excluding hydrogens is 124 g/mol. The van der Waals surface area contributed by atoms with Crippen LogP contribution in [0, 0.1) is 0 Å². The van der Waals surface area contributed by atoms with E-state index in [-0.39, 0.29) is 1.43 Å². The topological polar surface area (TPSA) is 24.4 Å². The molecular formula is C8H16N2. The van der Waals surface area contributed by atoms with E-state index in [0.717, 1.165) is 18.8 Å². The molecule has 0 saturated carbocycles. The van der Waals surface area contributed by atoms with Gasteiger partial charge in [0.2, 0.25) is 0 Å². The van der Waals surface area contributed by atoms with Gasteiger partial charge in [0.05, 0.1) is 5.71 Å². The molecule has 0 aliphatic heterocycles. The van der Waals surface area contributed by atoms with Gasteiger partial charge in [-0.05, 0) is 12.6 Å². The van der Waals surface area contributed by atoms with Crippen molar-refractivity contribution in [2.45, 2.75) is 6.92 Å². The highest BCUT2D eigenvalue weighted by Crippen LogP contribution is 1.79. The van der Waals surface area contributed by atoms with Crippen LogP contribution in [-0.2, 0) is 0 Å². The van der Waals surface area contributed by atoms with Crippen LogP contribution in [0.3, 0.4) is 0 Å². The summed E-state index contributed by atoms with van der Waals surface area (Å²) in [7, 11) is 0. The lowest BCUT2D eigenvalue weighted by Crippen LogP contribution is -2.20. The van der Waals surface area contributed by atoms with E-state index in [9.17, 15) is 0 Å². The molecule has 58 valence electrons. The maximum atomic E-state index is 3.98. The van der Waals surface area contributed by atoms with Crippen LogP contribution in [-0.4, -0.2) is 18.8 Å². The number of hydrogen-bond acceptors (Lipinski definition) is 2. The average molecular weight is 140 g/mol. The van der Waals surface area contributed by atoms with Gasteiger partial charge >= 0.3 is 0 Å². The fourth-order valence-corrected chi connectivity index (χ4v) is 0.541. The molecule has 0 aromatic heterocycles. The van der Waals surface area contributed by atoms with Crippen molar-refractivity contribution in [3.63, 3.8) is 0 Å². The lowest BCUT2D eigenvalue weighted by molar-refractivity contribution is 0.818. The second kappa shape index (κ2) is 6.23. The first-order valence-corrected chi connectivity index (χ1v) is 3.35. The zero-order chi connectivity index (χ0) is 7.82. The van der Waals surface area contributed by atoms with E-state index in [1.165, 1.54) is 6.20 Å². The Morgan fingerprint density at radius 1 is 1.70 bits per heavy atom. The van der Waals surface area contributed by atoms with Crippen molar-refractivity contribution < 1.29 is 1.43 Å². The van der Waals surface area contributed by atoms with Crippen LogP contribution in [0.15, 0.2) is 30.4 Å². The van der Waals surface area contributed by atoms with Crippen LogP contribution in [0.2, 0.25) is 0 Å². The van der Waals surface area contributed by atoms with E-state index in [1.807, 2.05) is 0 Å². The van der Waals surface area contributed by atoms with Crippen LogP contribution in [0.4, 0.5) is 0 Å². The first-order valence-electron chi connectivity index (χ1n) is 3.35. The molecule has 0 bridgehead atoms. The van der Waals surface area contributed by atoms with E-state index in [1.54, 1.807) is 6.08 Å². The summed E-state index contributed by atoms with van der Waals surface area (Å²) in [5, 5.41) is 3.13. The lowest BCUT2D eigenvalue weighted by atomic mass is 10.3. The summed E-state index contributed by atoms with van der Waals surface area (Å²) in [4.78, 5) is 3.98. The van der Waals surface area contributed by atoms with Gasteiger partial charge in [0, 0.05) is 14.2 Å². The summed E-state index contributed by atoms with van der Waals surface area (Å²) in [5.41, 5.74) is 0.928. The van der Waals surface area contributed by atoms with Crippen molar-refractivity contribution >= 4 is 5.71 Å². The Kier molecular flexibility index (Phi) is 5.68. The second-order valence-electron chi connectivity index (χ2n) is 1.79. The zero-order valence-electron chi connectivity index (χ0n) is 6.43. The molecule has 0 atom stereocenters. The number of rotatable bonds is 5. The smallest absolute Gasteiger partial charge is 0.0535 e. The molecule has 0 aliphatic carbocycles. The molecule has 0 aromatic rings. The van der Waals surface area contributed by atoms with Gasteiger partial charge in [0.25, 0.3) is 0 Å². The van der Waals surface area contributed by atoms with E-state index >= 15 is 0 Å². The van der Waals surface area contributed by atoms with Gasteiger partial charge in [0.1, 0.15) is 0 Å². The number of nitrogens with zero attached hydrogens (tertiary/aromatic N) is 1. The van der Waals surface area contributed by atoms with Gasteiger partial charge in [0.15, 0.2) is 0 Å². The minimum Gasteiger partial charge on any atom is -0.311 e. The van der Waals surface area contributed by atoms with Gasteiger partial charge in [-0.1, -0.05) is 20.1 Å². The number of hydrogen-bond donors (Lipinski definition) is 1. The van der Waals surface area contributed by atoms with Gasteiger partial charge in [-0.25, -0.2) is 0 Å². The van der Waals surface area contributed by atoms with E-state index < -0.39 is 0 Å². The van der Waals surface area contributed by atoms with Crippen molar-refractivity contribution in [3.8, 4) is 0 Å². The van der Waals surface area contributed by atoms with Crippen molar-refractivity contribution in [1.29, 1.82) is 0 Å². The molecule has 0 radical (unpaired) electrons. The average Bonchev–Trinajstić information content (AvgIpc) is 1.98. The van der Waals surface area contributed by atoms with Crippen LogP contribution >= 0.6 is 0 Å². The Morgan fingerprint density at radius 3 is 2.80 bits per heavy atom. The standard InChI is InChI=1S/C8H14N2.H2/c1-4-8(10-6-3)7-9-5-2;/h4,6,9H,1,3,5,7H2,2H3;1H. The first kappa shape index (κ1) is 9.11. The molecule has 0 saturated heterocycles. The third-order valence-electron chi connectivity index (χ3n) is 1.05. The van der Waals surface area contributed by atoms with Crippen molar-refractivity contribution in [2.24, 2.45) is 4.99 Å². The summed E-state index contributed by atoms with van der Waals surface area (Å²) >= 11 is 0. The summed E-state index contributed by atoms with van der Waals surface area (Å²) < 4.78 is 0. The Morgan fingerprint density at radius 2 is 2.40 bits per heavy atom. The number of aliphatic imine (C=N–C) groups is 1. The second-order valence-corrected chi connectivity index (χ2v) is 1.79. The highest BCUT2D eigenvalue weighted by Gasteiger charge is 1.87. The largest absolute Gasteiger partial charge is 0.311 e. The zero-order valence-corrected chi connectivity index (χ0v) is 6.43. The molecule has 0 aromatic carbocycles. The highest BCUT2D eigenvalue weighted by atomic mass is 14.9. The van der Waals surface area contributed by atoms with Crippen molar-refractivity contribution in [3.05, 3.63) is 25.4 Å². The molecule has 1 N–H and O–H groups in total. The van der Waals surface area contributed by atoms with E-state index in [4.69, 9.17) is 0 Å². The Labute approximate surface area is 63.8 Å². The fraction of sp³-hybridized carbons (Fsp3) is 0.375. The summed E-state index contributed by atoms with van der Waals surface area (Å²) in [6.45, 7) is 10.9. The highest BCUT2D eigenvalue weighted by molar-refractivity contribution is 5.96. The van der Waals surface area contributed by atoms with Crippen molar-refractivity contribution in [2.75, 3.05) is 13.1 Å². The predicted octanol–water partition coefficient (Wildman–Crippen LogP) is 1.61. The maximum absolute atomic E-state index is 3.98. The fourth-order valence-electron chi connectivity index (χ4n) is 0.541. The molecule has 10 heavy (non-hydrogen) atoms. The Balaban J connectivity index is 0. The maximum Gasteiger partial charge on any atom is 0.0535 e. The number of nitrogens with one attached hydrogen (secondary N) is 1. The Hall–Kier alpha value is -0.890. The van der Waals surface area contributed by atoms with E-state index in [2.05, 4.69) is 30.4 Å². The molecule has 0 rings (SSSR count). The quantitative estimate of drug-likeness (QED) is 0.576. The van der Waals surface area contributed by atoms with Gasteiger partial charge in [-0.2, -0.15) is 0 Å². The molecule has 0 spiro atoms. The molecule has 0 unspecified atom stereocenters. The molecule has 0 heterocycles. The summed E-state index contributed by atoms with van der Waals surface area (Å²) in [6, 6.07) is 0. The van der Waals surface area contributed by atoms with E-state index in [0.29, 0.717) is 0 Å².